The highest BCUT2D eigenvalue weighted by Crippen LogP contribution is 2.40. The second-order valence-electron chi connectivity index (χ2n) is 9.05. The molecule has 3 aliphatic heterocycles. The molecule has 0 spiro atoms. The van der Waals surface area contributed by atoms with Crippen molar-refractivity contribution in [3.05, 3.63) is 64.7 Å². The van der Waals surface area contributed by atoms with Gasteiger partial charge in [-0.2, -0.15) is 12.6 Å². The molecule has 32 heavy (non-hydrogen) atoms. The van der Waals surface area contributed by atoms with E-state index in [4.69, 9.17) is 12.6 Å². The topological polar surface area (TPSA) is 55.9 Å². The minimum atomic E-state index is -0.298. The van der Waals surface area contributed by atoms with Crippen molar-refractivity contribution in [2.75, 3.05) is 31.1 Å². The molecule has 7 heteroatoms. The lowest BCUT2D eigenvalue weighted by Gasteiger charge is -2.37. The SMILES string of the molecule is Cc1ccccc1N1CCN(Cc2cccc3c2CN(C2CCC(=O)NC2=O)C3S)CC1. The summed E-state index contributed by atoms with van der Waals surface area (Å²) in [5, 5.41) is 2.37. The van der Waals surface area contributed by atoms with Gasteiger partial charge in [0.2, 0.25) is 11.8 Å². The second-order valence-corrected chi connectivity index (χ2v) is 9.54. The number of fused-ring (bicyclic) bond motifs is 1. The highest BCUT2D eigenvalue weighted by molar-refractivity contribution is 7.80. The number of amides is 2. The van der Waals surface area contributed by atoms with E-state index in [1.54, 1.807) is 0 Å². The molecule has 6 nitrogen and oxygen atoms in total. The molecule has 0 bridgehead atoms. The quantitative estimate of drug-likeness (QED) is 0.554. The number of benzene rings is 2. The molecule has 2 saturated heterocycles. The maximum absolute atomic E-state index is 12.4. The number of piperidine rings is 1. The van der Waals surface area contributed by atoms with Crippen LogP contribution in [0.3, 0.4) is 0 Å². The Kier molecular flexibility index (Phi) is 5.97. The number of nitrogens with zero attached hydrogens (tertiary/aromatic N) is 3. The summed E-state index contributed by atoms with van der Waals surface area (Å²) in [5.41, 5.74) is 6.47. The van der Waals surface area contributed by atoms with Crippen molar-refractivity contribution in [2.24, 2.45) is 0 Å². The van der Waals surface area contributed by atoms with Crippen LogP contribution in [0.2, 0.25) is 0 Å². The largest absolute Gasteiger partial charge is 0.369 e. The zero-order valence-corrected chi connectivity index (χ0v) is 19.4. The van der Waals surface area contributed by atoms with Gasteiger partial charge in [-0.25, -0.2) is 0 Å². The molecule has 1 N–H and O–H groups in total. The third kappa shape index (κ3) is 4.05. The molecule has 2 unspecified atom stereocenters. The van der Waals surface area contributed by atoms with E-state index in [1.165, 1.54) is 27.9 Å². The first-order chi connectivity index (χ1) is 15.5. The van der Waals surface area contributed by atoms with Crippen molar-refractivity contribution in [2.45, 2.75) is 44.3 Å². The number of hydrogen-bond acceptors (Lipinski definition) is 6. The number of carbonyl (C=O) groups is 2. The number of rotatable bonds is 4. The minimum Gasteiger partial charge on any atom is -0.369 e. The monoisotopic (exact) mass is 450 g/mol. The fourth-order valence-electron chi connectivity index (χ4n) is 5.27. The number of para-hydroxylation sites is 1. The highest BCUT2D eigenvalue weighted by atomic mass is 32.1. The van der Waals surface area contributed by atoms with Crippen molar-refractivity contribution in [1.82, 2.24) is 15.1 Å². The Morgan fingerprint density at radius 1 is 1.03 bits per heavy atom. The van der Waals surface area contributed by atoms with Gasteiger partial charge in [-0.15, -0.1) is 0 Å². The Hall–Kier alpha value is -2.35. The third-order valence-electron chi connectivity index (χ3n) is 7.08. The maximum atomic E-state index is 12.4. The first-order valence-corrected chi connectivity index (χ1v) is 11.9. The fraction of sp³-hybridized carbons (Fsp3) is 0.440. The Bertz CT molecular complexity index is 1030. The predicted molar refractivity (Wildman–Crippen MR) is 129 cm³/mol. The molecule has 0 saturated carbocycles. The lowest BCUT2D eigenvalue weighted by molar-refractivity contribution is -0.137. The van der Waals surface area contributed by atoms with Crippen LogP contribution in [0, 0.1) is 6.92 Å². The molecule has 0 aliphatic carbocycles. The number of carbonyl (C=O) groups excluding carboxylic acids is 2. The average molecular weight is 451 g/mol. The van der Waals surface area contributed by atoms with Gasteiger partial charge in [0.05, 0.1) is 11.4 Å². The van der Waals surface area contributed by atoms with E-state index in [9.17, 15) is 9.59 Å². The van der Waals surface area contributed by atoms with Gasteiger partial charge in [-0.05, 0) is 41.7 Å². The number of piperazine rings is 1. The molecular formula is C25H30N4O2S. The molecule has 3 aliphatic rings. The van der Waals surface area contributed by atoms with E-state index >= 15 is 0 Å². The van der Waals surface area contributed by atoms with Crippen LogP contribution in [0.1, 0.15) is 40.5 Å². The Balaban J connectivity index is 1.26. The van der Waals surface area contributed by atoms with Crippen molar-refractivity contribution >= 4 is 30.1 Å². The van der Waals surface area contributed by atoms with Gasteiger partial charge in [0.1, 0.15) is 0 Å². The molecule has 0 radical (unpaired) electrons. The fourth-order valence-corrected chi connectivity index (χ4v) is 5.75. The zero-order chi connectivity index (χ0) is 22.2. The van der Waals surface area contributed by atoms with Gasteiger partial charge in [0.15, 0.2) is 0 Å². The molecule has 2 atom stereocenters. The van der Waals surface area contributed by atoms with Crippen LogP contribution in [-0.4, -0.2) is 53.8 Å². The van der Waals surface area contributed by atoms with Crippen molar-refractivity contribution in [3.63, 3.8) is 0 Å². The molecule has 2 fully saturated rings. The lowest BCUT2D eigenvalue weighted by atomic mass is 10.0. The summed E-state index contributed by atoms with van der Waals surface area (Å²) in [6, 6.07) is 14.7. The molecule has 5 rings (SSSR count). The van der Waals surface area contributed by atoms with E-state index < -0.39 is 0 Å². The van der Waals surface area contributed by atoms with Crippen molar-refractivity contribution in [1.29, 1.82) is 0 Å². The number of imide groups is 1. The van der Waals surface area contributed by atoms with Crippen LogP contribution in [0.25, 0.3) is 0 Å². The standard InChI is InChI=1S/C25H30N4O2S/c1-17-5-2-3-8-21(17)28-13-11-27(12-14-28)15-18-6-4-7-19-20(18)16-29(25(19)32)22-9-10-23(30)26-24(22)31/h2-8,22,25,32H,9-16H2,1H3,(H,26,30,31). The number of nitrogens with one attached hydrogen (secondary N) is 1. The molecule has 2 aromatic carbocycles. The van der Waals surface area contributed by atoms with Gasteiger partial charge >= 0.3 is 0 Å². The zero-order valence-electron chi connectivity index (χ0n) is 18.5. The van der Waals surface area contributed by atoms with Gasteiger partial charge < -0.3 is 4.90 Å². The highest BCUT2D eigenvalue weighted by Gasteiger charge is 2.39. The van der Waals surface area contributed by atoms with Gasteiger partial charge in [0.25, 0.3) is 0 Å². The summed E-state index contributed by atoms with van der Waals surface area (Å²) in [7, 11) is 0. The number of hydrogen-bond donors (Lipinski definition) is 2. The molecule has 3 heterocycles. The first-order valence-electron chi connectivity index (χ1n) is 11.4. The Morgan fingerprint density at radius 2 is 1.81 bits per heavy atom. The molecular weight excluding hydrogens is 420 g/mol. The van der Waals surface area contributed by atoms with E-state index in [-0.39, 0.29) is 23.2 Å². The molecule has 168 valence electrons. The van der Waals surface area contributed by atoms with Crippen LogP contribution in [0.4, 0.5) is 5.69 Å². The van der Waals surface area contributed by atoms with Crippen LogP contribution in [0.5, 0.6) is 0 Å². The number of anilines is 1. The first kappa shape index (κ1) is 21.5. The summed E-state index contributed by atoms with van der Waals surface area (Å²) < 4.78 is 0. The Morgan fingerprint density at radius 3 is 2.56 bits per heavy atom. The van der Waals surface area contributed by atoms with Gasteiger partial charge in [-0.1, -0.05) is 36.4 Å². The summed E-state index contributed by atoms with van der Waals surface area (Å²) in [5.74, 6) is -0.369. The Labute approximate surface area is 195 Å². The normalized spacial score (nSPS) is 24.5. The van der Waals surface area contributed by atoms with E-state index in [2.05, 4.69) is 69.4 Å². The molecule has 0 aromatic heterocycles. The summed E-state index contributed by atoms with van der Waals surface area (Å²) in [4.78, 5) is 31.1. The van der Waals surface area contributed by atoms with E-state index in [0.29, 0.717) is 19.4 Å². The summed E-state index contributed by atoms with van der Waals surface area (Å²) >= 11 is 4.86. The van der Waals surface area contributed by atoms with Crippen LogP contribution >= 0.6 is 12.6 Å². The van der Waals surface area contributed by atoms with E-state index in [1.807, 2.05) is 0 Å². The number of aryl methyl sites for hydroxylation is 1. The lowest BCUT2D eigenvalue weighted by Crippen LogP contribution is -2.51. The molecule has 2 amide bonds. The maximum Gasteiger partial charge on any atom is 0.243 e. The number of thiol groups is 1. The van der Waals surface area contributed by atoms with Crippen LogP contribution in [-0.2, 0) is 22.7 Å². The molecule has 2 aromatic rings. The van der Waals surface area contributed by atoms with E-state index in [0.717, 1.165) is 32.7 Å². The summed E-state index contributed by atoms with van der Waals surface area (Å²) in [6.07, 6.45) is 0.952. The van der Waals surface area contributed by atoms with Gasteiger partial charge in [-0.3, -0.25) is 24.7 Å². The van der Waals surface area contributed by atoms with Crippen molar-refractivity contribution < 1.29 is 9.59 Å². The smallest absolute Gasteiger partial charge is 0.243 e. The van der Waals surface area contributed by atoms with Crippen LogP contribution in [0.15, 0.2) is 42.5 Å². The summed E-state index contributed by atoms with van der Waals surface area (Å²) in [6.45, 7) is 7.90. The third-order valence-corrected chi connectivity index (χ3v) is 7.65. The van der Waals surface area contributed by atoms with Crippen LogP contribution < -0.4 is 10.2 Å². The minimum absolute atomic E-state index is 0.119. The average Bonchev–Trinajstić information content (AvgIpc) is 3.12. The van der Waals surface area contributed by atoms with Crippen molar-refractivity contribution in [3.8, 4) is 0 Å². The predicted octanol–water partition coefficient (Wildman–Crippen LogP) is 2.87. The van der Waals surface area contributed by atoms with Gasteiger partial charge in [0, 0.05) is 51.4 Å². The second kappa shape index (κ2) is 8.89.